The Labute approximate surface area is 144 Å². The molecule has 0 amide bonds. The third-order valence-electron chi connectivity index (χ3n) is 3.96. The van der Waals surface area contributed by atoms with Crippen LogP contribution < -0.4 is 10.2 Å². The number of benzene rings is 1. The Bertz CT molecular complexity index is 800. The van der Waals surface area contributed by atoms with Crippen molar-refractivity contribution in [3.63, 3.8) is 0 Å². The zero-order valence-electron chi connectivity index (χ0n) is 13.2. The van der Waals surface area contributed by atoms with E-state index in [2.05, 4.69) is 41.1 Å². The van der Waals surface area contributed by atoms with E-state index in [1.54, 1.807) is 0 Å². The summed E-state index contributed by atoms with van der Waals surface area (Å²) in [5.74, 6) is 0.781. The number of fused-ring (bicyclic) bond motifs is 1. The highest BCUT2D eigenvalue weighted by Crippen LogP contribution is 2.14. The van der Waals surface area contributed by atoms with Crippen LogP contribution in [0.5, 0.6) is 0 Å². The normalized spacial score (nSPS) is 15.1. The molecule has 0 bridgehead atoms. The van der Waals surface area contributed by atoms with Crippen molar-refractivity contribution in [2.75, 3.05) is 31.2 Å². The summed E-state index contributed by atoms with van der Waals surface area (Å²) < 4.78 is 13.8. The van der Waals surface area contributed by atoms with E-state index in [1.165, 1.54) is 17.3 Å². The van der Waals surface area contributed by atoms with Gasteiger partial charge in [0.2, 0.25) is 5.95 Å². The van der Waals surface area contributed by atoms with E-state index in [9.17, 15) is 0 Å². The van der Waals surface area contributed by atoms with E-state index in [4.69, 9.17) is 4.74 Å². The van der Waals surface area contributed by atoms with Crippen LogP contribution in [0.1, 0.15) is 11.1 Å². The number of hydrogen-bond donors (Lipinski definition) is 1. The monoisotopic (exact) mass is 342 g/mol. The number of nitrogens with zero attached hydrogens (tertiary/aromatic N) is 5. The van der Waals surface area contributed by atoms with E-state index in [0.717, 1.165) is 61.9 Å². The summed E-state index contributed by atoms with van der Waals surface area (Å²) in [7, 11) is 0. The third-order valence-corrected chi connectivity index (χ3v) is 4.52. The van der Waals surface area contributed by atoms with Gasteiger partial charge < -0.3 is 15.0 Å². The summed E-state index contributed by atoms with van der Waals surface area (Å²) in [5, 5.41) is 3.42. The number of rotatable bonds is 5. The molecular weight excluding hydrogens is 324 g/mol. The third kappa shape index (κ3) is 3.50. The van der Waals surface area contributed by atoms with E-state index in [0.29, 0.717) is 0 Å². The van der Waals surface area contributed by atoms with Gasteiger partial charge in [-0.1, -0.05) is 6.07 Å². The predicted octanol–water partition coefficient (Wildman–Crippen LogP) is 1.61. The van der Waals surface area contributed by atoms with E-state index in [-0.39, 0.29) is 0 Å². The van der Waals surface area contributed by atoms with Crippen LogP contribution in [0.25, 0.3) is 11.0 Å². The molecule has 8 heteroatoms. The van der Waals surface area contributed by atoms with Crippen molar-refractivity contribution < 1.29 is 4.74 Å². The van der Waals surface area contributed by atoms with Gasteiger partial charge in [-0.05, 0) is 17.7 Å². The molecule has 0 spiro atoms. The lowest BCUT2D eigenvalue weighted by atomic mass is 10.2. The molecule has 1 aliphatic rings. The van der Waals surface area contributed by atoms with Crippen LogP contribution in [0.2, 0.25) is 0 Å². The van der Waals surface area contributed by atoms with Crippen molar-refractivity contribution in [2.45, 2.75) is 13.1 Å². The zero-order chi connectivity index (χ0) is 16.2. The van der Waals surface area contributed by atoms with Crippen LogP contribution >= 0.6 is 11.7 Å². The average molecular weight is 342 g/mol. The van der Waals surface area contributed by atoms with Gasteiger partial charge in [-0.15, -0.1) is 0 Å². The van der Waals surface area contributed by atoms with Crippen LogP contribution in [0, 0.1) is 0 Å². The van der Waals surface area contributed by atoms with Gasteiger partial charge in [-0.25, -0.2) is 9.97 Å². The van der Waals surface area contributed by atoms with Crippen molar-refractivity contribution in [2.24, 2.45) is 0 Å². The second-order valence-electron chi connectivity index (χ2n) is 5.68. The first-order valence-electron chi connectivity index (χ1n) is 7.94. The van der Waals surface area contributed by atoms with Crippen LogP contribution in [0.4, 0.5) is 5.95 Å². The van der Waals surface area contributed by atoms with E-state index >= 15 is 0 Å². The number of ether oxygens (including phenoxy) is 1. The standard InChI is InChI=1S/C16H18N6OS/c1-2-14-15(21-24-20-14)7-12(1)8-17-9-13-10-18-16(19-11-13)22-3-5-23-6-4-22/h1-2,7,10-11,17H,3-6,8-9H2. The van der Waals surface area contributed by atoms with Crippen molar-refractivity contribution in [1.82, 2.24) is 24.0 Å². The van der Waals surface area contributed by atoms with Crippen LogP contribution in [0.15, 0.2) is 30.6 Å². The summed E-state index contributed by atoms with van der Waals surface area (Å²) >= 11 is 1.25. The smallest absolute Gasteiger partial charge is 0.225 e. The van der Waals surface area contributed by atoms with Crippen LogP contribution in [-0.2, 0) is 17.8 Å². The minimum absolute atomic E-state index is 0.733. The summed E-state index contributed by atoms with van der Waals surface area (Å²) in [4.78, 5) is 11.1. The van der Waals surface area contributed by atoms with Gasteiger partial charge in [-0.3, -0.25) is 0 Å². The van der Waals surface area contributed by atoms with Gasteiger partial charge in [-0.2, -0.15) is 8.75 Å². The maximum Gasteiger partial charge on any atom is 0.225 e. The SMILES string of the molecule is c1cc2nsnc2cc1CNCc1cnc(N2CCOCC2)nc1. The Morgan fingerprint density at radius 3 is 2.58 bits per heavy atom. The predicted molar refractivity (Wildman–Crippen MR) is 93.0 cm³/mol. The molecule has 0 atom stereocenters. The number of nitrogens with one attached hydrogen (secondary N) is 1. The maximum atomic E-state index is 5.35. The van der Waals surface area contributed by atoms with Crippen LogP contribution in [-0.4, -0.2) is 45.0 Å². The molecule has 2 aromatic heterocycles. The highest BCUT2D eigenvalue weighted by Gasteiger charge is 2.13. The molecule has 124 valence electrons. The summed E-state index contributed by atoms with van der Waals surface area (Å²) in [6.07, 6.45) is 3.77. The average Bonchev–Trinajstić information content (AvgIpc) is 3.11. The summed E-state index contributed by atoms with van der Waals surface area (Å²) in [5.41, 5.74) is 4.18. The lowest BCUT2D eigenvalue weighted by Gasteiger charge is -2.26. The van der Waals surface area contributed by atoms with Crippen molar-refractivity contribution in [1.29, 1.82) is 0 Å². The fraction of sp³-hybridized carbons (Fsp3) is 0.375. The largest absolute Gasteiger partial charge is 0.378 e. The second-order valence-corrected chi connectivity index (χ2v) is 6.21. The number of aromatic nitrogens is 4. The Morgan fingerprint density at radius 1 is 1.00 bits per heavy atom. The molecule has 1 fully saturated rings. The Kier molecular flexibility index (Phi) is 4.59. The first kappa shape index (κ1) is 15.4. The second kappa shape index (κ2) is 7.16. The molecule has 1 saturated heterocycles. The molecule has 4 rings (SSSR count). The lowest BCUT2D eigenvalue weighted by molar-refractivity contribution is 0.122. The fourth-order valence-corrected chi connectivity index (χ4v) is 3.17. The van der Waals surface area contributed by atoms with Gasteiger partial charge in [0.1, 0.15) is 11.0 Å². The molecule has 0 unspecified atom stereocenters. The minimum atomic E-state index is 0.733. The van der Waals surface area contributed by atoms with Gasteiger partial charge in [0.05, 0.1) is 24.9 Å². The van der Waals surface area contributed by atoms with Gasteiger partial charge in [0.25, 0.3) is 0 Å². The van der Waals surface area contributed by atoms with Crippen molar-refractivity contribution in [3.8, 4) is 0 Å². The topological polar surface area (TPSA) is 76.1 Å². The van der Waals surface area contributed by atoms with Crippen LogP contribution in [0.3, 0.4) is 0 Å². The molecule has 7 nitrogen and oxygen atoms in total. The molecule has 0 radical (unpaired) electrons. The molecule has 24 heavy (non-hydrogen) atoms. The number of morpholine rings is 1. The van der Waals surface area contributed by atoms with Gasteiger partial charge >= 0.3 is 0 Å². The first-order chi connectivity index (χ1) is 11.9. The fourth-order valence-electron chi connectivity index (χ4n) is 2.65. The highest BCUT2D eigenvalue weighted by atomic mass is 32.1. The number of anilines is 1. The van der Waals surface area contributed by atoms with Crippen molar-refractivity contribution in [3.05, 3.63) is 41.7 Å². The first-order valence-corrected chi connectivity index (χ1v) is 8.67. The number of hydrogen-bond acceptors (Lipinski definition) is 8. The van der Waals surface area contributed by atoms with Gasteiger partial charge in [0.15, 0.2) is 0 Å². The summed E-state index contributed by atoms with van der Waals surface area (Å²) in [6, 6.07) is 6.16. The Hall–Kier alpha value is -2.16. The molecule has 3 aromatic rings. The Balaban J connectivity index is 1.32. The van der Waals surface area contributed by atoms with E-state index < -0.39 is 0 Å². The Morgan fingerprint density at radius 2 is 1.75 bits per heavy atom. The molecule has 0 saturated carbocycles. The lowest BCUT2D eigenvalue weighted by Crippen LogP contribution is -2.37. The van der Waals surface area contributed by atoms with E-state index in [1.807, 2.05) is 18.5 Å². The molecule has 3 heterocycles. The molecular formula is C16H18N6OS. The highest BCUT2D eigenvalue weighted by molar-refractivity contribution is 7.00. The molecule has 1 aromatic carbocycles. The maximum absolute atomic E-state index is 5.35. The summed E-state index contributed by atoms with van der Waals surface area (Å²) in [6.45, 7) is 4.70. The zero-order valence-corrected chi connectivity index (χ0v) is 14.0. The molecule has 1 N–H and O–H groups in total. The minimum Gasteiger partial charge on any atom is -0.378 e. The quantitative estimate of drug-likeness (QED) is 0.755. The van der Waals surface area contributed by atoms with Gasteiger partial charge in [0, 0.05) is 44.1 Å². The van der Waals surface area contributed by atoms with Crippen molar-refractivity contribution >= 4 is 28.7 Å². The molecule has 1 aliphatic heterocycles. The molecule has 0 aliphatic carbocycles.